The Labute approximate surface area is 154 Å². The van der Waals surface area contributed by atoms with Crippen LogP contribution in [0.1, 0.15) is 35.2 Å². The number of nitrogens with zero attached hydrogens (tertiary/aromatic N) is 2. The molecule has 0 saturated heterocycles. The van der Waals surface area contributed by atoms with Crippen LogP contribution in [0.5, 0.6) is 0 Å². The number of aromatic nitrogens is 2. The second-order valence-corrected chi connectivity index (χ2v) is 6.49. The first-order valence-corrected chi connectivity index (χ1v) is 8.67. The van der Waals surface area contributed by atoms with Crippen LogP contribution in [0, 0.1) is 13.8 Å². The SMILES string of the molecule is Cc1ccc(/C=C/C(=O)N[C@@H](C)c2ccc(-n3ccnc3)cc2)c(C)c1. The minimum absolute atomic E-state index is 0.0666. The van der Waals surface area contributed by atoms with Crippen LogP contribution in [0.3, 0.4) is 0 Å². The Hall–Kier alpha value is -3.14. The molecule has 0 fully saturated rings. The summed E-state index contributed by atoms with van der Waals surface area (Å²) in [6.45, 7) is 6.09. The molecule has 1 N–H and O–H groups in total. The summed E-state index contributed by atoms with van der Waals surface area (Å²) in [6.07, 6.45) is 8.86. The van der Waals surface area contributed by atoms with E-state index in [-0.39, 0.29) is 11.9 Å². The number of nitrogens with one attached hydrogen (secondary N) is 1. The van der Waals surface area contributed by atoms with Crippen LogP contribution in [-0.4, -0.2) is 15.5 Å². The van der Waals surface area contributed by atoms with Crippen LogP contribution in [0.2, 0.25) is 0 Å². The molecule has 0 unspecified atom stereocenters. The molecular formula is C22H23N3O. The molecule has 1 heterocycles. The number of aryl methyl sites for hydroxylation is 2. The Morgan fingerprint density at radius 1 is 1.15 bits per heavy atom. The monoisotopic (exact) mass is 345 g/mol. The lowest BCUT2D eigenvalue weighted by molar-refractivity contribution is -0.117. The number of amides is 1. The number of benzene rings is 2. The van der Waals surface area contributed by atoms with Gasteiger partial charge in [0.1, 0.15) is 0 Å². The number of hydrogen-bond donors (Lipinski definition) is 1. The maximum absolute atomic E-state index is 12.2. The van der Waals surface area contributed by atoms with Gasteiger partial charge in [0.2, 0.25) is 5.91 Å². The van der Waals surface area contributed by atoms with Crippen molar-refractivity contribution in [2.45, 2.75) is 26.8 Å². The Morgan fingerprint density at radius 3 is 2.58 bits per heavy atom. The van der Waals surface area contributed by atoms with E-state index in [0.717, 1.165) is 22.4 Å². The topological polar surface area (TPSA) is 46.9 Å². The highest BCUT2D eigenvalue weighted by Crippen LogP contribution is 2.16. The van der Waals surface area contributed by atoms with Gasteiger partial charge in [-0.3, -0.25) is 4.79 Å². The molecule has 0 bridgehead atoms. The fourth-order valence-corrected chi connectivity index (χ4v) is 2.87. The summed E-state index contributed by atoms with van der Waals surface area (Å²) in [7, 11) is 0. The molecule has 0 aliphatic rings. The largest absolute Gasteiger partial charge is 0.346 e. The lowest BCUT2D eigenvalue weighted by atomic mass is 10.1. The molecule has 132 valence electrons. The van der Waals surface area contributed by atoms with E-state index in [0.29, 0.717) is 0 Å². The Bertz CT molecular complexity index is 909. The lowest BCUT2D eigenvalue weighted by Gasteiger charge is -2.14. The third-order valence-electron chi connectivity index (χ3n) is 4.39. The number of imidazole rings is 1. The summed E-state index contributed by atoms with van der Waals surface area (Å²) in [6, 6.07) is 14.2. The fraction of sp³-hybridized carbons (Fsp3) is 0.182. The molecule has 1 amide bonds. The van der Waals surface area contributed by atoms with E-state index in [1.807, 2.05) is 54.1 Å². The third-order valence-corrected chi connectivity index (χ3v) is 4.39. The van der Waals surface area contributed by atoms with Crippen LogP contribution >= 0.6 is 0 Å². The van der Waals surface area contributed by atoms with Crippen molar-refractivity contribution in [1.29, 1.82) is 0 Å². The molecule has 1 aromatic heterocycles. The van der Waals surface area contributed by atoms with Gasteiger partial charge < -0.3 is 9.88 Å². The molecule has 0 saturated carbocycles. The van der Waals surface area contributed by atoms with Gasteiger partial charge in [0, 0.05) is 24.2 Å². The first-order chi connectivity index (χ1) is 12.5. The van der Waals surface area contributed by atoms with E-state index in [9.17, 15) is 4.79 Å². The van der Waals surface area contributed by atoms with E-state index in [2.05, 4.69) is 36.3 Å². The molecular weight excluding hydrogens is 322 g/mol. The molecule has 0 spiro atoms. The molecule has 4 heteroatoms. The summed E-state index contributed by atoms with van der Waals surface area (Å²) in [5.41, 5.74) is 5.54. The molecule has 26 heavy (non-hydrogen) atoms. The highest BCUT2D eigenvalue weighted by Gasteiger charge is 2.08. The Balaban J connectivity index is 1.62. The van der Waals surface area contributed by atoms with E-state index in [1.54, 1.807) is 18.6 Å². The average Bonchev–Trinajstić information content (AvgIpc) is 3.16. The fourth-order valence-electron chi connectivity index (χ4n) is 2.87. The summed E-state index contributed by atoms with van der Waals surface area (Å²) in [5.74, 6) is -0.101. The molecule has 2 aromatic carbocycles. The van der Waals surface area contributed by atoms with Crippen molar-refractivity contribution in [2.75, 3.05) is 0 Å². The zero-order valence-electron chi connectivity index (χ0n) is 15.3. The van der Waals surface area contributed by atoms with Crippen LogP contribution in [0.25, 0.3) is 11.8 Å². The van der Waals surface area contributed by atoms with Gasteiger partial charge >= 0.3 is 0 Å². The summed E-state index contributed by atoms with van der Waals surface area (Å²) >= 11 is 0. The van der Waals surface area contributed by atoms with Crippen molar-refractivity contribution in [3.63, 3.8) is 0 Å². The van der Waals surface area contributed by atoms with Crippen molar-refractivity contribution in [1.82, 2.24) is 14.9 Å². The standard InChI is InChI=1S/C22H23N3O/c1-16-4-5-19(17(2)14-16)8-11-22(26)24-18(3)20-6-9-21(10-7-20)25-13-12-23-15-25/h4-15,18H,1-3H3,(H,24,26)/b11-8+/t18-/m0/s1. The van der Waals surface area contributed by atoms with Crippen molar-refractivity contribution in [3.05, 3.63) is 89.5 Å². The Kier molecular flexibility index (Phi) is 5.32. The predicted molar refractivity (Wildman–Crippen MR) is 105 cm³/mol. The van der Waals surface area contributed by atoms with Gasteiger partial charge in [0.15, 0.2) is 0 Å². The summed E-state index contributed by atoms with van der Waals surface area (Å²) in [4.78, 5) is 16.3. The molecule has 3 aromatic rings. The molecule has 0 aliphatic carbocycles. The van der Waals surface area contributed by atoms with Gasteiger partial charge in [0.05, 0.1) is 12.4 Å². The lowest BCUT2D eigenvalue weighted by Crippen LogP contribution is -2.24. The average molecular weight is 345 g/mol. The summed E-state index contributed by atoms with van der Waals surface area (Å²) in [5, 5.41) is 3.01. The van der Waals surface area contributed by atoms with Crippen molar-refractivity contribution < 1.29 is 4.79 Å². The van der Waals surface area contributed by atoms with Gasteiger partial charge in [-0.25, -0.2) is 4.98 Å². The van der Waals surface area contributed by atoms with Crippen molar-refractivity contribution in [3.8, 4) is 5.69 Å². The number of hydrogen-bond acceptors (Lipinski definition) is 2. The predicted octanol–water partition coefficient (Wildman–Crippen LogP) is 4.38. The van der Waals surface area contributed by atoms with Crippen molar-refractivity contribution in [2.24, 2.45) is 0 Å². The number of carbonyl (C=O) groups excluding carboxylic acids is 1. The van der Waals surface area contributed by atoms with Crippen LogP contribution < -0.4 is 5.32 Å². The van der Waals surface area contributed by atoms with Crippen LogP contribution in [-0.2, 0) is 4.79 Å². The van der Waals surface area contributed by atoms with Crippen LogP contribution in [0.4, 0.5) is 0 Å². The normalized spacial score (nSPS) is 12.3. The van der Waals surface area contributed by atoms with E-state index in [1.165, 1.54) is 5.56 Å². The quantitative estimate of drug-likeness (QED) is 0.698. The van der Waals surface area contributed by atoms with Gasteiger partial charge in [-0.2, -0.15) is 0 Å². The third kappa shape index (κ3) is 4.28. The number of carbonyl (C=O) groups is 1. The number of rotatable bonds is 5. The summed E-state index contributed by atoms with van der Waals surface area (Å²) < 4.78 is 1.94. The molecule has 3 rings (SSSR count). The maximum Gasteiger partial charge on any atom is 0.244 e. The molecule has 1 atom stereocenters. The highest BCUT2D eigenvalue weighted by atomic mass is 16.1. The second kappa shape index (κ2) is 7.83. The second-order valence-electron chi connectivity index (χ2n) is 6.49. The maximum atomic E-state index is 12.2. The van der Waals surface area contributed by atoms with E-state index >= 15 is 0 Å². The minimum Gasteiger partial charge on any atom is -0.346 e. The smallest absolute Gasteiger partial charge is 0.244 e. The minimum atomic E-state index is -0.101. The van der Waals surface area contributed by atoms with E-state index in [4.69, 9.17) is 0 Å². The molecule has 0 aliphatic heterocycles. The van der Waals surface area contributed by atoms with Gasteiger partial charge in [0.25, 0.3) is 0 Å². The van der Waals surface area contributed by atoms with Gasteiger partial charge in [-0.15, -0.1) is 0 Å². The molecule has 0 radical (unpaired) electrons. The van der Waals surface area contributed by atoms with Gasteiger partial charge in [-0.05, 0) is 55.7 Å². The molecule has 4 nitrogen and oxygen atoms in total. The van der Waals surface area contributed by atoms with Crippen LogP contribution in [0.15, 0.2) is 67.3 Å². The van der Waals surface area contributed by atoms with Crippen molar-refractivity contribution >= 4 is 12.0 Å². The first kappa shape index (κ1) is 17.7. The Morgan fingerprint density at radius 2 is 1.92 bits per heavy atom. The van der Waals surface area contributed by atoms with E-state index < -0.39 is 0 Å². The zero-order valence-corrected chi connectivity index (χ0v) is 15.3. The highest BCUT2D eigenvalue weighted by molar-refractivity contribution is 5.92. The first-order valence-electron chi connectivity index (χ1n) is 8.67. The van der Waals surface area contributed by atoms with Gasteiger partial charge in [-0.1, -0.05) is 35.9 Å². The zero-order chi connectivity index (χ0) is 18.5.